The summed E-state index contributed by atoms with van der Waals surface area (Å²) in [5.41, 5.74) is 0.897. The Bertz CT molecular complexity index is 1230. The number of carbonyl (C=O) groups excluding carboxylic acids is 4. The molecule has 0 saturated carbocycles. The minimum atomic E-state index is -1.17. The van der Waals surface area contributed by atoms with E-state index >= 15 is 0 Å². The zero-order valence-electron chi connectivity index (χ0n) is 19.8. The Labute approximate surface area is 208 Å². The van der Waals surface area contributed by atoms with Crippen LogP contribution in [0.3, 0.4) is 0 Å². The van der Waals surface area contributed by atoms with Gasteiger partial charge in [0.1, 0.15) is 11.9 Å². The number of nitrogens with zero attached hydrogens (tertiary/aromatic N) is 3. The van der Waals surface area contributed by atoms with E-state index in [0.717, 1.165) is 16.5 Å². The highest BCUT2D eigenvalue weighted by Gasteiger charge is 2.64. The highest BCUT2D eigenvalue weighted by Crippen LogP contribution is 2.44. The zero-order valence-corrected chi connectivity index (χ0v) is 19.8. The Morgan fingerprint density at radius 3 is 2.36 bits per heavy atom. The number of halogens is 1. The number of carbonyl (C=O) groups is 4. The molecule has 0 radical (unpaired) electrons. The fourth-order valence-electron chi connectivity index (χ4n) is 5.45. The second-order valence-corrected chi connectivity index (χ2v) is 9.29. The number of nitrogens with one attached hydrogen (secondary N) is 1. The highest BCUT2D eigenvalue weighted by molar-refractivity contribution is 6.11. The van der Waals surface area contributed by atoms with E-state index in [9.17, 15) is 23.6 Å². The van der Waals surface area contributed by atoms with E-state index in [0.29, 0.717) is 26.2 Å². The van der Waals surface area contributed by atoms with Crippen molar-refractivity contribution in [2.45, 2.75) is 12.1 Å². The summed E-state index contributed by atoms with van der Waals surface area (Å²) in [7, 11) is 1.41. The molecule has 3 aliphatic heterocycles. The number of imide groups is 1. The number of hydrogen-bond acceptors (Lipinski definition) is 5. The van der Waals surface area contributed by atoms with Gasteiger partial charge in [-0.1, -0.05) is 48.6 Å². The smallest absolute Gasteiger partial charge is 0.255 e. The van der Waals surface area contributed by atoms with Gasteiger partial charge in [-0.25, -0.2) is 4.39 Å². The molecule has 9 heteroatoms. The maximum Gasteiger partial charge on any atom is 0.255 e. The number of amides is 4. The lowest BCUT2D eigenvalue weighted by atomic mass is 9.88. The normalized spacial score (nSPS) is 26.1. The van der Waals surface area contributed by atoms with Crippen LogP contribution in [0, 0.1) is 17.7 Å². The van der Waals surface area contributed by atoms with Crippen LogP contribution in [0.5, 0.6) is 0 Å². The molecule has 186 valence electrons. The Morgan fingerprint density at radius 1 is 0.972 bits per heavy atom. The molecule has 1 N–H and O–H groups in total. The number of likely N-dealkylation sites (tertiary alicyclic amines) is 2. The second kappa shape index (κ2) is 9.66. The Morgan fingerprint density at radius 2 is 1.67 bits per heavy atom. The molecule has 4 unspecified atom stereocenters. The van der Waals surface area contributed by atoms with Gasteiger partial charge < -0.3 is 15.1 Å². The van der Waals surface area contributed by atoms with E-state index in [1.54, 1.807) is 17.1 Å². The van der Waals surface area contributed by atoms with Crippen molar-refractivity contribution in [3.05, 3.63) is 77.6 Å². The fraction of sp³-hybridized carbons (Fsp3) is 0.333. The lowest BCUT2D eigenvalue weighted by Crippen LogP contribution is -2.57. The first kappa shape index (κ1) is 23.9. The molecule has 3 heterocycles. The average Bonchev–Trinajstić information content (AvgIpc) is 3.35. The van der Waals surface area contributed by atoms with Crippen molar-refractivity contribution >= 4 is 29.7 Å². The van der Waals surface area contributed by atoms with E-state index in [2.05, 4.69) is 5.32 Å². The highest BCUT2D eigenvalue weighted by atomic mass is 19.1. The topological polar surface area (TPSA) is 90.0 Å². The van der Waals surface area contributed by atoms with Gasteiger partial charge in [0.2, 0.25) is 17.7 Å². The van der Waals surface area contributed by atoms with Gasteiger partial charge in [-0.05, 0) is 23.8 Å². The Kier molecular flexibility index (Phi) is 6.40. The Hall–Kier alpha value is -3.85. The third-order valence-electron chi connectivity index (χ3n) is 7.22. The summed E-state index contributed by atoms with van der Waals surface area (Å²) < 4.78 is 14.1. The molecule has 2 aromatic rings. The zero-order chi connectivity index (χ0) is 25.4. The average molecular weight is 491 g/mol. The summed E-state index contributed by atoms with van der Waals surface area (Å²) in [5, 5.41) is 3.19. The number of hydrogen-bond donors (Lipinski definition) is 1. The third-order valence-corrected chi connectivity index (χ3v) is 7.22. The van der Waals surface area contributed by atoms with Gasteiger partial charge in [0, 0.05) is 38.8 Å². The monoisotopic (exact) mass is 490 g/mol. The van der Waals surface area contributed by atoms with Crippen LogP contribution in [-0.4, -0.2) is 83.6 Å². The van der Waals surface area contributed by atoms with Crippen molar-refractivity contribution in [1.82, 2.24) is 20.0 Å². The molecular formula is C27H27FN4O4. The van der Waals surface area contributed by atoms with E-state index in [1.165, 1.54) is 30.1 Å². The van der Waals surface area contributed by atoms with Crippen LogP contribution in [0.1, 0.15) is 15.9 Å². The van der Waals surface area contributed by atoms with Crippen LogP contribution in [0.15, 0.2) is 60.7 Å². The maximum absolute atomic E-state index is 14.1. The van der Waals surface area contributed by atoms with E-state index in [1.807, 2.05) is 30.3 Å². The Balaban J connectivity index is 1.62. The quantitative estimate of drug-likeness (QED) is 0.655. The van der Waals surface area contributed by atoms with Crippen LogP contribution >= 0.6 is 0 Å². The van der Waals surface area contributed by atoms with E-state index in [-0.39, 0.29) is 11.5 Å². The lowest BCUT2D eigenvalue weighted by Gasteiger charge is -2.36. The summed E-state index contributed by atoms with van der Waals surface area (Å²) in [6, 6.07) is 12.6. The van der Waals surface area contributed by atoms with Gasteiger partial charge >= 0.3 is 0 Å². The molecule has 2 aromatic carbocycles. The second-order valence-electron chi connectivity index (χ2n) is 9.29. The molecule has 3 saturated heterocycles. The summed E-state index contributed by atoms with van der Waals surface area (Å²) >= 11 is 0. The first-order chi connectivity index (χ1) is 17.4. The molecule has 3 aliphatic rings. The first-order valence-electron chi connectivity index (χ1n) is 12.0. The summed E-state index contributed by atoms with van der Waals surface area (Å²) in [6.45, 7) is 2.04. The molecule has 0 aliphatic carbocycles. The number of rotatable bonds is 4. The van der Waals surface area contributed by atoms with Crippen molar-refractivity contribution < 1.29 is 23.6 Å². The molecular weight excluding hydrogens is 463 g/mol. The van der Waals surface area contributed by atoms with E-state index in [4.69, 9.17) is 0 Å². The van der Waals surface area contributed by atoms with Crippen molar-refractivity contribution in [3.63, 3.8) is 0 Å². The molecule has 4 atom stereocenters. The minimum Gasteiger partial charge on any atom is -0.338 e. The number of benzene rings is 2. The number of fused-ring (bicyclic) bond motifs is 1. The van der Waals surface area contributed by atoms with Gasteiger partial charge in [-0.3, -0.25) is 24.1 Å². The van der Waals surface area contributed by atoms with Crippen LogP contribution < -0.4 is 5.32 Å². The molecule has 0 bridgehead atoms. The minimum absolute atomic E-state index is 0.0550. The lowest BCUT2D eigenvalue weighted by molar-refractivity contribution is -0.144. The molecule has 3 fully saturated rings. The summed E-state index contributed by atoms with van der Waals surface area (Å²) in [5.74, 6) is -4.38. The molecule has 0 aromatic heterocycles. The van der Waals surface area contributed by atoms with Crippen molar-refractivity contribution in [2.24, 2.45) is 11.8 Å². The third kappa shape index (κ3) is 4.09. The molecule has 5 rings (SSSR count). The predicted molar refractivity (Wildman–Crippen MR) is 130 cm³/mol. The van der Waals surface area contributed by atoms with Crippen LogP contribution in [0.4, 0.5) is 4.39 Å². The van der Waals surface area contributed by atoms with Crippen molar-refractivity contribution in [2.75, 3.05) is 33.2 Å². The van der Waals surface area contributed by atoms with Crippen LogP contribution in [0.2, 0.25) is 0 Å². The molecule has 36 heavy (non-hydrogen) atoms. The van der Waals surface area contributed by atoms with Gasteiger partial charge in [0.15, 0.2) is 0 Å². The predicted octanol–water partition coefficient (Wildman–Crippen LogP) is 1.39. The van der Waals surface area contributed by atoms with E-state index < -0.39 is 47.5 Å². The maximum atomic E-state index is 14.1. The van der Waals surface area contributed by atoms with Gasteiger partial charge in [0.25, 0.3) is 5.91 Å². The molecule has 8 nitrogen and oxygen atoms in total. The molecule has 4 amide bonds. The summed E-state index contributed by atoms with van der Waals surface area (Å²) in [4.78, 5) is 58.3. The van der Waals surface area contributed by atoms with Gasteiger partial charge in [-0.15, -0.1) is 0 Å². The van der Waals surface area contributed by atoms with Crippen molar-refractivity contribution in [1.29, 1.82) is 0 Å². The largest absolute Gasteiger partial charge is 0.338 e. The van der Waals surface area contributed by atoms with Crippen LogP contribution in [0.25, 0.3) is 6.08 Å². The standard InChI is InChI=1S/C27H27FN4O4/c1-30-25(34)21-20(11-10-17-6-3-2-4-7-17)32(24(33)18-8-5-9-19(28)16-18)23(22(21)26(30)35)27(36)31-14-12-29-13-15-31/h2-11,16,20-23,29H,12-15H2,1H3. The number of piperazine rings is 1. The molecule has 0 spiro atoms. The van der Waals surface area contributed by atoms with Crippen molar-refractivity contribution in [3.8, 4) is 0 Å². The van der Waals surface area contributed by atoms with Gasteiger partial charge in [0.05, 0.1) is 17.9 Å². The SMILES string of the molecule is CN1C(=O)C2C(C1=O)C(C(=O)N1CCNCC1)N(C(=O)c1cccc(F)c1)C2C=Cc1ccccc1. The summed E-state index contributed by atoms with van der Waals surface area (Å²) in [6.07, 6.45) is 3.49. The first-order valence-corrected chi connectivity index (χ1v) is 12.0. The van der Waals surface area contributed by atoms with Gasteiger partial charge in [-0.2, -0.15) is 0 Å². The van der Waals surface area contributed by atoms with Crippen LogP contribution in [-0.2, 0) is 14.4 Å². The fourth-order valence-corrected chi connectivity index (χ4v) is 5.45.